The molecule has 1 aromatic rings. The smallest absolute Gasteiger partial charge is 0.244 e. The van der Waals surface area contributed by atoms with E-state index in [0.29, 0.717) is 15.9 Å². The molecule has 0 bridgehead atoms. The number of sulfonamides is 1. The maximum absolute atomic E-state index is 13.0. The van der Waals surface area contributed by atoms with Gasteiger partial charge in [0.2, 0.25) is 10.0 Å². The lowest BCUT2D eigenvalue weighted by Crippen LogP contribution is -2.44. The second kappa shape index (κ2) is 7.08. The van der Waals surface area contributed by atoms with Gasteiger partial charge in [-0.3, -0.25) is 0 Å². The second-order valence-electron chi connectivity index (χ2n) is 5.54. The van der Waals surface area contributed by atoms with E-state index in [1.165, 1.54) is 0 Å². The minimum Gasteiger partial charge on any atom is -0.313 e. The Hall–Kier alpha value is 0.0500. The van der Waals surface area contributed by atoms with E-state index in [1.807, 2.05) is 19.9 Å². The summed E-state index contributed by atoms with van der Waals surface area (Å²) in [5.74, 6) is 0. The van der Waals surface area contributed by atoms with E-state index in [1.54, 1.807) is 16.4 Å². The first-order chi connectivity index (χ1) is 9.82. The highest BCUT2D eigenvalue weighted by Gasteiger charge is 2.31. The summed E-state index contributed by atoms with van der Waals surface area (Å²) in [5.41, 5.74) is 0. The molecule has 1 aliphatic heterocycles. The fourth-order valence-corrected chi connectivity index (χ4v) is 5.66. The topological polar surface area (TPSA) is 49.4 Å². The molecule has 1 N–H and O–H groups in total. The molecular formula is C14H20Br2N2O2S. The molecule has 2 rings (SSSR count). The van der Waals surface area contributed by atoms with Gasteiger partial charge in [0.1, 0.15) is 0 Å². The van der Waals surface area contributed by atoms with Gasteiger partial charge in [-0.1, -0.05) is 15.9 Å². The predicted molar refractivity (Wildman–Crippen MR) is 91.9 cm³/mol. The van der Waals surface area contributed by atoms with Crippen LogP contribution in [0.2, 0.25) is 0 Å². The highest BCUT2D eigenvalue weighted by atomic mass is 79.9. The van der Waals surface area contributed by atoms with E-state index >= 15 is 0 Å². The van der Waals surface area contributed by atoms with Crippen LogP contribution >= 0.6 is 31.9 Å². The van der Waals surface area contributed by atoms with Crippen LogP contribution in [0.4, 0.5) is 0 Å². The number of halogens is 2. The van der Waals surface area contributed by atoms with Crippen LogP contribution in [0.25, 0.3) is 0 Å². The average Bonchev–Trinajstić information content (AvgIpc) is 2.91. The van der Waals surface area contributed by atoms with Crippen LogP contribution in [-0.4, -0.2) is 37.9 Å². The van der Waals surface area contributed by atoms with Crippen LogP contribution in [0.3, 0.4) is 0 Å². The fraction of sp³-hybridized carbons (Fsp3) is 0.571. The van der Waals surface area contributed by atoms with Crippen LogP contribution in [-0.2, 0) is 10.0 Å². The third kappa shape index (κ3) is 4.07. The Balaban J connectivity index is 2.34. The van der Waals surface area contributed by atoms with Gasteiger partial charge >= 0.3 is 0 Å². The number of rotatable bonds is 5. The molecule has 1 heterocycles. The largest absolute Gasteiger partial charge is 0.313 e. The SMILES string of the molecule is CC(C)N(CC1CCCN1)S(=O)(=O)c1cc(Br)ccc1Br. The second-order valence-corrected chi connectivity index (χ2v) is 9.17. The summed E-state index contributed by atoms with van der Waals surface area (Å²) in [4.78, 5) is 0.309. The van der Waals surface area contributed by atoms with E-state index in [-0.39, 0.29) is 12.1 Å². The third-order valence-electron chi connectivity index (χ3n) is 3.62. The summed E-state index contributed by atoms with van der Waals surface area (Å²) in [6.07, 6.45) is 2.13. The van der Waals surface area contributed by atoms with Crippen molar-refractivity contribution in [2.24, 2.45) is 0 Å². The van der Waals surface area contributed by atoms with Crippen LogP contribution in [0, 0.1) is 0 Å². The standard InChI is InChI=1S/C14H20Br2N2O2S/c1-10(2)18(9-12-4-3-7-17-12)21(19,20)14-8-11(15)5-6-13(14)16/h5-6,8,10,12,17H,3-4,7,9H2,1-2H3. The Morgan fingerprint density at radius 3 is 2.67 bits per heavy atom. The first-order valence-electron chi connectivity index (χ1n) is 7.02. The van der Waals surface area contributed by atoms with Crippen molar-refractivity contribution >= 4 is 41.9 Å². The maximum atomic E-state index is 13.0. The number of nitrogens with one attached hydrogen (secondary N) is 1. The lowest BCUT2D eigenvalue weighted by Gasteiger charge is -2.29. The van der Waals surface area contributed by atoms with Crippen molar-refractivity contribution in [3.05, 3.63) is 27.1 Å². The van der Waals surface area contributed by atoms with Crippen LogP contribution in [0.1, 0.15) is 26.7 Å². The molecule has 1 atom stereocenters. The van der Waals surface area contributed by atoms with Gasteiger partial charge < -0.3 is 5.32 Å². The van der Waals surface area contributed by atoms with Gasteiger partial charge in [-0.15, -0.1) is 0 Å². The van der Waals surface area contributed by atoms with Gasteiger partial charge in [0, 0.05) is 27.6 Å². The molecule has 1 saturated heterocycles. The molecule has 118 valence electrons. The zero-order valence-corrected chi connectivity index (χ0v) is 16.1. The maximum Gasteiger partial charge on any atom is 0.244 e. The van der Waals surface area contributed by atoms with Crippen molar-refractivity contribution in [2.45, 2.75) is 43.7 Å². The summed E-state index contributed by atoms with van der Waals surface area (Å²) in [7, 11) is -3.52. The molecule has 0 spiro atoms. The molecule has 1 fully saturated rings. The van der Waals surface area contributed by atoms with Gasteiger partial charge in [-0.05, 0) is 67.4 Å². The van der Waals surface area contributed by atoms with Crippen molar-refractivity contribution in [1.29, 1.82) is 0 Å². The quantitative estimate of drug-likeness (QED) is 0.765. The van der Waals surface area contributed by atoms with Gasteiger partial charge in [0.05, 0.1) is 4.90 Å². The summed E-state index contributed by atoms with van der Waals surface area (Å²) in [6.45, 7) is 5.31. The van der Waals surface area contributed by atoms with Gasteiger partial charge in [0.25, 0.3) is 0 Å². The van der Waals surface area contributed by atoms with Crippen LogP contribution in [0.15, 0.2) is 32.0 Å². The van der Waals surface area contributed by atoms with Gasteiger partial charge in [-0.2, -0.15) is 4.31 Å². The summed E-state index contributed by atoms with van der Waals surface area (Å²) >= 11 is 6.70. The lowest BCUT2D eigenvalue weighted by molar-refractivity contribution is 0.322. The normalized spacial score (nSPS) is 19.6. The summed E-state index contributed by atoms with van der Waals surface area (Å²) in [6, 6.07) is 5.39. The van der Waals surface area contributed by atoms with E-state index in [2.05, 4.69) is 37.2 Å². The summed E-state index contributed by atoms with van der Waals surface area (Å²) < 4.78 is 28.9. The lowest BCUT2D eigenvalue weighted by atomic mass is 10.2. The Kier molecular flexibility index (Phi) is 5.87. The van der Waals surface area contributed by atoms with E-state index in [0.717, 1.165) is 23.9 Å². The molecular weight excluding hydrogens is 420 g/mol. The monoisotopic (exact) mass is 438 g/mol. The van der Waals surface area contributed by atoms with Crippen molar-refractivity contribution in [2.75, 3.05) is 13.1 Å². The molecule has 7 heteroatoms. The predicted octanol–water partition coefficient (Wildman–Crippen LogP) is 3.36. The van der Waals surface area contributed by atoms with E-state index in [4.69, 9.17) is 0 Å². The molecule has 0 aromatic heterocycles. The zero-order valence-electron chi connectivity index (χ0n) is 12.1. The highest BCUT2D eigenvalue weighted by Crippen LogP contribution is 2.29. The van der Waals surface area contributed by atoms with Crippen molar-refractivity contribution in [3.8, 4) is 0 Å². The zero-order chi connectivity index (χ0) is 15.6. The molecule has 0 aliphatic carbocycles. The van der Waals surface area contributed by atoms with Crippen molar-refractivity contribution < 1.29 is 8.42 Å². The molecule has 0 amide bonds. The van der Waals surface area contributed by atoms with Crippen molar-refractivity contribution in [1.82, 2.24) is 9.62 Å². The third-order valence-corrected chi connectivity index (χ3v) is 7.15. The fourth-order valence-electron chi connectivity index (χ4n) is 2.52. The van der Waals surface area contributed by atoms with Crippen LogP contribution < -0.4 is 5.32 Å². The van der Waals surface area contributed by atoms with Gasteiger partial charge in [0.15, 0.2) is 0 Å². The molecule has 1 aliphatic rings. The van der Waals surface area contributed by atoms with Gasteiger partial charge in [-0.25, -0.2) is 8.42 Å². The molecule has 0 saturated carbocycles. The first-order valence-corrected chi connectivity index (χ1v) is 10.0. The average molecular weight is 440 g/mol. The van der Waals surface area contributed by atoms with Crippen molar-refractivity contribution in [3.63, 3.8) is 0 Å². The number of hydrogen-bond acceptors (Lipinski definition) is 3. The minimum atomic E-state index is -3.52. The number of hydrogen-bond donors (Lipinski definition) is 1. The Morgan fingerprint density at radius 1 is 1.38 bits per heavy atom. The van der Waals surface area contributed by atoms with E-state index in [9.17, 15) is 8.42 Å². The first kappa shape index (κ1) is 17.4. The summed E-state index contributed by atoms with van der Waals surface area (Å²) in [5, 5.41) is 3.36. The molecule has 1 aromatic carbocycles. The molecule has 21 heavy (non-hydrogen) atoms. The minimum absolute atomic E-state index is 0.0803. The highest BCUT2D eigenvalue weighted by molar-refractivity contribution is 9.11. The molecule has 0 radical (unpaired) electrons. The molecule has 4 nitrogen and oxygen atoms in total. The number of benzene rings is 1. The van der Waals surface area contributed by atoms with Crippen LogP contribution in [0.5, 0.6) is 0 Å². The Morgan fingerprint density at radius 2 is 2.10 bits per heavy atom. The van der Waals surface area contributed by atoms with E-state index < -0.39 is 10.0 Å². The Labute approximate surface area is 143 Å². The number of nitrogens with zero attached hydrogens (tertiary/aromatic N) is 1. The Bertz CT molecular complexity index is 599. The molecule has 1 unspecified atom stereocenters.